The van der Waals surface area contributed by atoms with Gasteiger partial charge in [-0.15, -0.1) is 11.3 Å². The number of anilines is 1. The lowest BCUT2D eigenvalue weighted by Crippen LogP contribution is -2.09. The van der Waals surface area contributed by atoms with Crippen LogP contribution in [0.2, 0.25) is 0 Å². The van der Waals surface area contributed by atoms with E-state index in [0.29, 0.717) is 12.3 Å². The maximum Gasteiger partial charge on any atom is 0.229 e. The molecule has 0 unspecified atom stereocenters. The first-order valence-corrected chi connectivity index (χ1v) is 9.68. The van der Waals surface area contributed by atoms with Crippen molar-refractivity contribution in [3.05, 3.63) is 34.2 Å². The highest BCUT2D eigenvalue weighted by Crippen LogP contribution is 2.32. The highest BCUT2D eigenvalue weighted by Gasteiger charge is 2.15. The molecule has 0 saturated heterocycles. The maximum absolute atomic E-state index is 11.2. The van der Waals surface area contributed by atoms with Gasteiger partial charge in [0.1, 0.15) is 11.1 Å². The van der Waals surface area contributed by atoms with E-state index in [9.17, 15) is 8.42 Å². The highest BCUT2D eigenvalue weighted by atomic mass is 32.2. The molecule has 0 bridgehead atoms. The minimum atomic E-state index is -3.26. The van der Waals surface area contributed by atoms with Gasteiger partial charge in [-0.2, -0.15) is 0 Å². The number of ether oxygens (including phenoxy) is 1. The number of aryl methyl sites for hydroxylation is 1. The van der Waals surface area contributed by atoms with Crippen LogP contribution in [0.3, 0.4) is 0 Å². The molecule has 1 aromatic carbocycles. The number of hydrogen-bond acceptors (Lipinski definition) is 5. The maximum atomic E-state index is 11.2. The van der Waals surface area contributed by atoms with Crippen molar-refractivity contribution in [3.8, 4) is 11.3 Å². The second kappa shape index (κ2) is 6.76. The topological polar surface area (TPSA) is 68.3 Å². The molecule has 0 spiro atoms. The molecule has 0 radical (unpaired) electrons. The molecule has 5 nitrogen and oxygen atoms in total. The molecule has 2 rings (SSSR count). The third kappa shape index (κ3) is 4.28. The summed E-state index contributed by atoms with van der Waals surface area (Å²) in [6.45, 7) is 6.63. The predicted molar refractivity (Wildman–Crippen MR) is 90.8 cm³/mol. The molecule has 0 fully saturated rings. The molecule has 0 saturated carbocycles. The van der Waals surface area contributed by atoms with E-state index in [1.54, 1.807) is 23.5 Å². The van der Waals surface area contributed by atoms with Gasteiger partial charge in [-0.1, -0.05) is 12.1 Å². The van der Waals surface area contributed by atoms with Crippen LogP contribution in [0.1, 0.15) is 29.8 Å². The van der Waals surface area contributed by atoms with Gasteiger partial charge in [-0.3, -0.25) is 4.72 Å². The summed E-state index contributed by atoms with van der Waals surface area (Å²) in [5.41, 5.74) is 2.42. The van der Waals surface area contributed by atoms with Gasteiger partial charge in [0, 0.05) is 22.7 Å². The van der Waals surface area contributed by atoms with E-state index < -0.39 is 10.0 Å². The number of hydrogen-bond donors (Lipinski definition) is 1. The summed E-state index contributed by atoms with van der Waals surface area (Å²) in [7, 11) is -3.26. The van der Waals surface area contributed by atoms with Gasteiger partial charge < -0.3 is 4.74 Å². The third-order valence-corrected chi connectivity index (χ3v) is 4.78. The average molecular weight is 340 g/mol. The summed E-state index contributed by atoms with van der Waals surface area (Å²) in [5, 5.41) is 0.952. The fourth-order valence-corrected chi connectivity index (χ4v) is 3.60. The summed E-state index contributed by atoms with van der Waals surface area (Å²) in [4.78, 5) is 5.77. The van der Waals surface area contributed by atoms with Crippen molar-refractivity contribution in [2.75, 3.05) is 17.6 Å². The Morgan fingerprint density at radius 3 is 2.50 bits per heavy atom. The predicted octanol–water partition coefficient (Wildman–Crippen LogP) is 3.59. The molecule has 1 heterocycles. The number of sulfonamides is 1. The number of nitrogens with zero attached hydrogens (tertiary/aromatic N) is 1. The van der Waals surface area contributed by atoms with Gasteiger partial charge in [0.25, 0.3) is 0 Å². The Labute approximate surface area is 135 Å². The molecule has 2 aromatic rings. The van der Waals surface area contributed by atoms with Gasteiger partial charge in [-0.25, -0.2) is 13.4 Å². The summed E-state index contributed by atoms with van der Waals surface area (Å²) < 4.78 is 30.5. The van der Waals surface area contributed by atoms with Crippen molar-refractivity contribution in [1.29, 1.82) is 0 Å². The summed E-state index contributed by atoms with van der Waals surface area (Å²) in [5.74, 6) is 0. The molecular weight excluding hydrogens is 320 g/mol. The van der Waals surface area contributed by atoms with E-state index >= 15 is 0 Å². The van der Waals surface area contributed by atoms with Gasteiger partial charge in [-0.05, 0) is 32.9 Å². The van der Waals surface area contributed by atoms with Crippen molar-refractivity contribution in [2.24, 2.45) is 0 Å². The van der Waals surface area contributed by atoms with E-state index in [2.05, 4.69) is 9.71 Å². The molecule has 0 aliphatic carbocycles. The van der Waals surface area contributed by atoms with Crippen molar-refractivity contribution in [2.45, 2.75) is 26.9 Å². The molecule has 120 valence electrons. The van der Waals surface area contributed by atoms with Crippen LogP contribution < -0.4 is 4.72 Å². The molecule has 1 N–H and O–H groups in total. The molecule has 1 atom stereocenters. The summed E-state index contributed by atoms with van der Waals surface area (Å²) in [6.07, 6.45) is 1.11. The lowest BCUT2D eigenvalue weighted by molar-refractivity contribution is 0.0762. The SMILES string of the molecule is CCO[C@@H](C)c1nc(-c2ccc(NS(C)(=O)=O)cc2)c(C)s1. The Bertz CT molecular complexity index is 737. The van der Waals surface area contributed by atoms with Crippen LogP contribution in [0.25, 0.3) is 11.3 Å². The zero-order valence-corrected chi connectivity index (χ0v) is 14.7. The van der Waals surface area contributed by atoms with E-state index in [-0.39, 0.29) is 6.10 Å². The van der Waals surface area contributed by atoms with Crippen molar-refractivity contribution in [3.63, 3.8) is 0 Å². The van der Waals surface area contributed by atoms with Gasteiger partial charge in [0.15, 0.2) is 0 Å². The molecule has 0 aliphatic heterocycles. The van der Waals surface area contributed by atoms with E-state index in [4.69, 9.17) is 4.74 Å². The number of aromatic nitrogens is 1. The Morgan fingerprint density at radius 1 is 1.32 bits per heavy atom. The smallest absolute Gasteiger partial charge is 0.229 e. The second-order valence-corrected chi connectivity index (χ2v) is 7.99. The Kier molecular flexibility index (Phi) is 5.20. The zero-order valence-electron chi connectivity index (χ0n) is 13.1. The number of thiazole rings is 1. The van der Waals surface area contributed by atoms with E-state index in [1.165, 1.54) is 0 Å². The largest absolute Gasteiger partial charge is 0.372 e. The lowest BCUT2D eigenvalue weighted by atomic mass is 10.1. The number of nitrogens with one attached hydrogen (secondary N) is 1. The standard InChI is InChI=1S/C15H20N2O3S2/c1-5-20-10(2)15-16-14(11(3)21-15)12-6-8-13(9-7-12)17-22(4,18)19/h6-10,17H,5H2,1-4H3/t10-/m0/s1. The summed E-state index contributed by atoms with van der Waals surface area (Å²) >= 11 is 1.62. The van der Waals surface area contributed by atoms with Crippen molar-refractivity contribution >= 4 is 27.0 Å². The lowest BCUT2D eigenvalue weighted by Gasteiger charge is -2.07. The first-order valence-electron chi connectivity index (χ1n) is 6.97. The van der Waals surface area contributed by atoms with Crippen molar-refractivity contribution < 1.29 is 13.2 Å². The van der Waals surface area contributed by atoms with Crippen LogP contribution in [0.4, 0.5) is 5.69 Å². The third-order valence-electron chi connectivity index (χ3n) is 3.04. The quantitative estimate of drug-likeness (QED) is 0.872. The Hall–Kier alpha value is -1.44. The average Bonchev–Trinajstić information content (AvgIpc) is 2.80. The van der Waals surface area contributed by atoms with Crippen LogP contribution in [0.15, 0.2) is 24.3 Å². The zero-order chi connectivity index (χ0) is 16.3. The summed E-state index contributed by atoms with van der Waals surface area (Å²) in [6, 6.07) is 7.21. The Balaban J connectivity index is 2.25. The molecular formula is C15H20N2O3S2. The number of rotatable bonds is 6. The minimum Gasteiger partial charge on any atom is -0.372 e. The number of benzene rings is 1. The second-order valence-electron chi connectivity index (χ2n) is 5.01. The van der Waals surface area contributed by atoms with Crippen molar-refractivity contribution in [1.82, 2.24) is 4.98 Å². The minimum absolute atomic E-state index is 0.0198. The van der Waals surface area contributed by atoms with Crippen LogP contribution >= 0.6 is 11.3 Å². The van der Waals surface area contributed by atoms with Gasteiger partial charge >= 0.3 is 0 Å². The van der Waals surface area contributed by atoms with Gasteiger partial charge in [0.2, 0.25) is 10.0 Å². The monoisotopic (exact) mass is 340 g/mol. The molecule has 22 heavy (non-hydrogen) atoms. The normalized spacial score (nSPS) is 13.1. The molecule has 7 heteroatoms. The molecule has 0 aliphatic rings. The van der Waals surface area contributed by atoms with Crippen LogP contribution in [0.5, 0.6) is 0 Å². The van der Waals surface area contributed by atoms with Crippen LogP contribution in [0, 0.1) is 6.92 Å². The molecule has 0 amide bonds. The Morgan fingerprint density at radius 2 is 1.95 bits per heavy atom. The van der Waals surface area contributed by atoms with Crippen LogP contribution in [-0.2, 0) is 14.8 Å². The molecule has 1 aromatic heterocycles. The van der Waals surface area contributed by atoms with E-state index in [0.717, 1.165) is 27.4 Å². The first kappa shape index (κ1) is 16.9. The fraction of sp³-hybridized carbons (Fsp3) is 0.400. The van der Waals surface area contributed by atoms with Crippen LogP contribution in [-0.4, -0.2) is 26.3 Å². The first-order chi connectivity index (χ1) is 10.3. The van der Waals surface area contributed by atoms with E-state index in [1.807, 2.05) is 32.9 Å². The fourth-order valence-electron chi connectivity index (χ4n) is 2.09. The highest BCUT2D eigenvalue weighted by molar-refractivity contribution is 7.92. The van der Waals surface area contributed by atoms with Gasteiger partial charge in [0.05, 0.1) is 11.9 Å².